The Morgan fingerprint density at radius 2 is 2.13 bits per heavy atom. The average molecular weight is 210 g/mol. The summed E-state index contributed by atoms with van der Waals surface area (Å²) in [6, 6.07) is 0.223. The molecule has 1 unspecified atom stereocenters. The van der Waals surface area contributed by atoms with Gasteiger partial charge >= 0.3 is 0 Å². The molecule has 5 heteroatoms. The lowest BCUT2D eigenvalue weighted by Gasteiger charge is -2.13. The number of rotatable bonds is 4. The topological polar surface area (TPSA) is 86.9 Å². The number of nitrogens with two attached hydrogens (primary N) is 2. The molecule has 15 heavy (non-hydrogen) atoms. The fourth-order valence-corrected chi connectivity index (χ4v) is 1.61. The number of carbonyl (C=O) groups is 1. The monoisotopic (exact) mass is 210 g/mol. The minimum absolute atomic E-state index is 0.158. The van der Waals surface area contributed by atoms with Crippen LogP contribution in [0.15, 0.2) is 6.20 Å². The molecule has 1 amide bonds. The van der Waals surface area contributed by atoms with Gasteiger partial charge in [0, 0.05) is 12.2 Å². The number of nitrogens with zero attached hydrogens (tertiary/aromatic N) is 2. The van der Waals surface area contributed by atoms with Crippen LogP contribution in [0.3, 0.4) is 0 Å². The molecule has 1 rings (SSSR count). The summed E-state index contributed by atoms with van der Waals surface area (Å²) < 4.78 is 1.70. The summed E-state index contributed by atoms with van der Waals surface area (Å²) in [5, 5.41) is 4.08. The van der Waals surface area contributed by atoms with Crippen LogP contribution in [0.5, 0.6) is 0 Å². The van der Waals surface area contributed by atoms with E-state index in [1.807, 2.05) is 6.92 Å². The number of amides is 1. The van der Waals surface area contributed by atoms with E-state index in [2.05, 4.69) is 18.9 Å². The van der Waals surface area contributed by atoms with Crippen molar-refractivity contribution in [3.05, 3.63) is 11.9 Å². The molecule has 1 heterocycles. The first-order chi connectivity index (χ1) is 6.91. The van der Waals surface area contributed by atoms with E-state index < -0.39 is 5.91 Å². The number of primary amides is 1. The molecule has 0 bridgehead atoms. The smallest absolute Gasteiger partial charge is 0.271 e. The molecule has 0 saturated carbocycles. The minimum atomic E-state index is -0.581. The maximum Gasteiger partial charge on any atom is 0.271 e. The van der Waals surface area contributed by atoms with Crippen LogP contribution in [-0.4, -0.2) is 15.7 Å². The second-order valence-electron chi connectivity index (χ2n) is 4.26. The van der Waals surface area contributed by atoms with E-state index in [-0.39, 0.29) is 11.7 Å². The van der Waals surface area contributed by atoms with Crippen LogP contribution in [0.2, 0.25) is 0 Å². The van der Waals surface area contributed by atoms with Crippen molar-refractivity contribution in [2.45, 2.75) is 33.2 Å². The molecular weight excluding hydrogens is 192 g/mol. The standard InChI is InChI=1S/C10H18N4O/c1-6(2)4-7(3)14-5-8(11)9(13-14)10(12)15/h5-7H,4,11H2,1-3H3,(H2,12,15). The van der Waals surface area contributed by atoms with Crippen molar-refractivity contribution in [3.8, 4) is 0 Å². The van der Waals surface area contributed by atoms with Crippen LogP contribution in [0, 0.1) is 5.92 Å². The lowest BCUT2D eigenvalue weighted by Crippen LogP contribution is -2.15. The molecule has 84 valence electrons. The molecule has 0 saturated heterocycles. The minimum Gasteiger partial charge on any atom is -0.396 e. The van der Waals surface area contributed by atoms with Crippen molar-refractivity contribution in [1.82, 2.24) is 9.78 Å². The fraction of sp³-hybridized carbons (Fsp3) is 0.600. The number of aromatic nitrogens is 2. The Morgan fingerprint density at radius 1 is 1.53 bits per heavy atom. The summed E-state index contributed by atoms with van der Waals surface area (Å²) in [6.07, 6.45) is 2.65. The second kappa shape index (κ2) is 4.33. The highest BCUT2D eigenvalue weighted by molar-refractivity contribution is 5.95. The molecule has 4 N–H and O–H groups in total. The van der Waals surface area contributed by atoms with Gasteiger partial charge in [-0.2, -0.15) is 5.10 Å². The number of nitrogen functional groups attached to an aromatic ring is 1. The van der Waals surface area contributed by atoms with Crippen LogP contribution < -0.4 is 11.5 Å². The summed E-state index contributed by atoms with van der Waals surface area (Å²) in [7, 11) is 0. The van der Waals surface area contributed by atoms with Crippen LogP contribution in [-0.2, 0) is 0 Å². The molecule has 1 atom stereocenters. The maximum atomic E-state index is 10.9. The lowest BCUT2D eigenvalue weighted by atomic mass is 10.1. The first-order valence-corrected chi connectivity index (χ1v) is 5.06. The SMILES string of the molecule is CC(C)CC(C)n1cc(N)c(C(N)=O)n1. The molecule has 0 aromatic carbocycles. The molecule has 0 radical (unpaired) electrons. The zero-order valence-electron chi connectivity index (χ0n) is 9.40. The van der Waals surface area contributed by atoms with Crippen LogP contribution in [0.1, 0.15) is 43.7 Å². The Morgan fingerprint density at radius 3 is 2.53 bits per heavy atom. The third-order valence-electron chi connectivity index (χ3n) is 2.26. The van der Waals surface area contributed by atoms with Crippen molar-refractivity contribution in [1.29, 1.82) is 0 Å². The van der Waals surface area contributed by atoms with Gasteiger partial charge in [-0.1, -0.05) is 13.8 Å². The van der Waals surface area contributed by atoms with Crippen molar-refractivity contribution >= 4 is 11.6 Å². The van der Waals surface area contributed by atoms with Crippen molar-refractivity contribution in [3.63, 3.8) is 0 Å². The summed E-state index contributed by atoms with van der Waals surface area (Å²) in [6.45, 7) is 6.31. The summed E-state index contributed by atoms with van der Waals surface area (Å²) in [4.78, 5) is 10.9. The third kappa shape index (κ3) is 2.71. The van der Waals surface area contributed by atoms with Gasteiger partial charge in [-0.3, -0.25) is 9.48 Å². The largest absolute Gasteiger partial charge is 0.396 e. The molecule has 1 aromatic rings. The molecule has 0 aliphatic carbocycles. The van der Waals surface area contributed by atoms with E-state index in [0.717, 1.165) is 6.42 Å². The van der Waals surface area contributed by atoms with Crippen molar-refractivity contribution in [2.24, 2.45) is 11.7 Å². The fourth-order valence-electron chi connectivity index (χ4n) is 1.61. The Bertz CT molecular complexity index is 356. The third-order valence-corrected chi connectivity index (χ3v) is 2.26. The molecule has 0 fully saturated rings. The first-order valence-electron chi connectivity index (χ1n) is 5.06. The van der Waals surface area contributed by atoms with Gasteiger partial charge in [0.1, 0.15) is 0 Å². The van der Waals surface area contributed by atoms with Gasteiger partial charge in [0.25, 0.3) is 5.91 Å². The quantitative estimate of drug-likeness (QED) is 0.782. The number of hydrogen-bond donors (Lipinski definition) is 2. The number of anilines is 1. The predicted octanol–water partition coefficient (Wildman–Crippen LogP) is 1.17. The van der Waals surface area contributed by atoms with Crippen LogP contribution in [0.25, 0.3) is 0 Å². The summed E-state index contributed by atoms with van der Waals surface area (Å²) >= 11 is 0. The molecule has 1 aromatic heterocycles. The predicted molar refractivity (Wildman–Crippen MR) is 59.3 cm³/mol. The zero-order chi connectivity index (χ0) is 11.6. The highest BCUT2D eigenvalue weighted by atomic mass is 16.1. The van der Waals surface area contributed by atoms with E-state index in [4.69, 9.17) is 11.5 Å². The van der Waals surface area contributed by atoms with Gasteiger partial charge in [-0.05, 0) is 19.3 Å². The van der Waals surface area contributed by atoms with E-state index >= 15 is 0 Å². The Kier molecular flexibility index (Phi) is 3.34. The van der Waals surface area contributed by atoms with Crippen molar-refractivity contribution in [2.75, 3.05) is 5.73 Å². The summed E-state index contributed by atoms with van der Waals surface area (Å²) in [5.41, 5.74) is 11.3. The van der Waals surface area contributed by atoms with Crippen molar-refractivity contribution < 1.29 is 4.79 Å². The first kappa shape index (κ1) is 11.6. The number of carbonyl (C=O) groups excluding carboxylic acids is 1. The Hall–Kier alpha value is -1.52. The van der Waals surface area contributed by atoms with Gasteiger partial charge < -0.3 is 11.5 Å². The Labute approximate surface area is 89.4 Å². The molecular formula is C10H18N4O. The van der Waals surface area contributed by atoms with Gasteiger partial charge in [-0.15, -0.1) is 0 Å². The van der Waals surface area contributed by atoms with Gasteiger partial charge in [0.05, 0.1) is 5.69 Å². The summed E-state index contributed by atoms with van der Waals surface area (Å²) in [5.74, 6) is -0.00884. The Balaban J connectivity index is 2.87. The normalized spacial score (nSPS) is 13.1. The van der Waals surface area contributed by atoms with Gasteiger partial charge in [0.15, 0.2) is 5.69 Å². The molecule has 0 spiro atoms. The van der Waals surface area contributed by atoms with E-state index in [1.54, 1.807) is 10.9 Å². The maximum absolute atomic E-state index is 10.9. The lowest BCUT2D eigenvalue weighted by molar-refractivity contribution is 0.0995. The molecule has 5 nitrogen and oxygen atoms in total. The van der Waals surface area contributed by atoms with Gasteiger partial charge in [-0.25, -0.2) is 0 Å². The van der Waals surface area contributed by atoms with E-state index in [1.165, 1.54) is 0 Å². The second-order valence-corrected chi connectivity index (χ2v) is 4.26. The van der Waals surface area contributed by atoms with E-state index in [9.17, 15) is 4.79 Å². The van der Waals surface area contributed by atoms with Gasteiger partial charge in [0.2, 0.25) is 0 Å². The molecule has 0 aliphatic rings. The van der Waals surface area contributed by atoms with Crippen LogP contribution >= 0.6 is 0 Å². The molecule has 0 aliphatic heterocycles. The van der Waals surface area contributed by atoms with E-state index in [0.29, 0.717) is 11.6 Å². The average Bonchev–Trinajstić information content (AvgIpc) is 2.46. The zero-order valence-corrected chi connectivity index (χ0v) is 9.40. The highest BCUT2D eigenvalue weighted by Gasteiger charge is 2.15. The highest BCUT2D eigenvalue weighted by Crippen LogP contribution is 2.19. The van der Waals surface area contributed by atoms with Crippen LogP contribution in [0.4, 0.5) is 5.69 Å². The number of hydrogen-bond acceptors (Lipinski definition) is 3.